The average molecular weight is 291 g/mol. The van der Waals surface area contributed by atoms with Crippen LogP contribution < -0.4 is 15.4 Å². The molecule has 7 heteroatoms. The molecular weight excluding hydrogens is 274 g/mol. The highest BCUT2D eigenvalue weighted by Gasteiger charge is 2.32. The first-order chi connectivity index (χ1) is 10.1. The van der Waals surface area contributed by atoms with Gasteiger partial charge in [0.15, 0.2) is 0 Å². The number of carbonyl (C=O) groups excluding carboxylic acids is 2. The molecule has 1 aliphatic rings. The molecule has 0 bridgehead atoms. The average Bonchev–Trinajstić information content (AvgIpc) is 2.46. The van der Waals surface area contributed by atoms with Crippen LogP contribution in [0.15, 0.2) is 29.6 Å². The number of hydrogen-bond donors (Lipinski definition) is 2. The van der Waals surface area contributed by atoms with Crippen LogP contribution in [0.1, 0.15) is 25.5 Å². The first-order valence-electron chi connectivity index (χ1n) is 6.52. The van der Waals surface area contributed by atoms with Gasteiger partial charge in [-0.3, -0.25) is 0 Å². The number of urea groups is 1. The Morgan fingerprint density at radius 3 is 2.76 bits per heavy atom. The Labute approximate surface area is 122 Å². The van der Waals surface area contributed by atoms with Crippen LogP contribution in [0.4, 0.5) is 4.79 Å². The molecule has 0 radical (unpaired) electrons. The highest BCUT2D eigenvalue weighted by Crippen LogP contribution is 2.27. The van der Waals surface area contributed by atoms with E-state index in [9.17, 15) is 9.59 Å². The van der Waals surface area contributed by atoms with E-state index in [0.29, 0.717) is 22.7 Å². The van der Waals surface area contributed by atoms with Crippen LogP contribution in [-0.2, 0) is 9.53 Å². The molecular formula is C14H17N3O4. The van der Waals surface area contributed by atoms with Crippen LogP contribution in [0.2, 0.25) is 0 Å². The first kappa shape index (κ1) is 14.8. The van der Waals surface area contributed by atoms with Gasteiger partial charge in [-0.25, -0.2) is 14.6 Å². The number of aromatic nitrogens is 1. The van der Waals surface area contributed by atoms with Crippen molar-refractivity contribution in [3.63, 3.8) is 0 Å². The number of amides is 2. The first-order valence-corrected chi connectivity index (χ1v) is 6.52. The lowest BCUT2D eigenvalue weighted by Gasteiger charge is -2.27. The van der Waals surface area contributed by atoms with Crippen LogP contribution in [0.25, 0.3) is 0 Å². The molecule has 0 saturated carbocycles. The van der Waals surface area contributed by atoms with Crippen molar-refractivity contribution < 1.29 is 19.1 Å². The molecule has 1 unspecified atom stereocenters. The van der Waals surface area contributed by atoms with Gasteiger partial charge in [0.05, 0.1) is 25.3 Å². The van der Waals surface area contributed by atoms with Crippen molar-refractivity contribution in [2.75, 3.05) is 13.7 Å². The number of nitrogens with zero attached hydrogens (tertiary/aromatic N) is 1. The summed E-state index contributed by atoms with van der Waals surface area (Å²) < 4.78 is 10.0. The minimum atomic E-state index is -0.601. The van der Waals surface area contributed by atoms with Crippen molar-refractivity contribution in [2.24, 2.45) is 0 Å². The fourth-order valence-corrected chi connectivity index (χ4v) is 2.11. The Hall–Kier alpha value is -2.57. The predicted molar refractivity (Wildman–Crippen MR) is 74.5 cm³/mol. The largest absolute Gasteiger partial charge is 0.481 e. The third-order valence-electron chi connectivity index (χ3n) is 3.07. The molecule has 0 aromatic carbocycles. The molecule has 2 N–H and O–H groups in total. The molecule has 21 heavy (non-hydrogen) atoms. The zero-order valence-electron chi connectivity index (χ0n) is 12.1. The fraction of sp³-hybridized carbons (Fsp3) is 0.357. The quantitative estimate of drug-likeness (QED) is 0.816. The number of pyridine rings is 1. The van der Waals surface area contributed by atoms with E-state index in [1.807, 2.05) is 0 Å². The molecule has 0 spiro atoms. The van der Waals surface area contributed by atoms with Crippen LogP contribution in [-0.4, -0.2) is 30.7 Å². The van der Waals surface area contributed by atoms with Crippen LogP contribution >= 0.6 is 0 Å². The van der Waals surface area contributed by atoms with E-state index in [4.69, 9.17) is 9.47 Å². The number of rotatable bonds is 4. The highest BCUT2D eigenvalue weighted by molar-refractivity contribution is 5.94. The minimum absolute atomic E-state index is 0.261. The Bertz CT molecular complexity index is 580. The Morgan fingerprint density at radius 2 is 2.19 bits per heavy atom. The van der Waals surface area contributed by atoms with Crippen molar-refractivity contribution in [1.82, 2.24) is 15.6 Å². The number of methoxy groups -OCH3 is 1. The summed E-state index contributed by atoms with van der Waals surface area (Å²) in [5, 5.41) is 5.27. The van der Waals surface area contributed by atoms with E-state index in [1.165, 1.54) is 7.11 Å². The van der Waals surface area contributed by atoms with E-state index >= 15 is 0 Å². The summed E-state index contributed by atoms with van der Waals surface area (Å²) in [5.41, 5.74) is 1.51. The molecule has 1 aliphatic heterocycles. The smallest absolute Gasteiger partial charge is 0.338 e. The van der Waals surface area contributed by atoms with E-state index in [-0.39, 0.29) is 12.6 Å². The summed E-state index contributed by atoms with van der Waals surface area (Å²) in [6, 6.07) is 2.44. The normalized spacial score (nSPS) is 17.9. The second-order valence-electron chi connectivity index (χ2n) is 4.42. The summed E-state index contributed by atoms with van der Waals surface area (Å²) >= 11 is 0. The maximum absolute atomic E-state index is 12.1. The van der Waals surface area contributed by atoms with E-state index in [1.54, 1.807) is 32.2 Å². The number of esters is 1. The van der Waals surface area contributed by atoms with Gasteiger partial charge in [0.2, 0.25) is 5.88 Å². The van der Waals surface area contributed by atoms with Crippen molar-refractivity contribution in [3.8, 4) is 5.88 Å². The topological polar surface area (TPSA) is 89.5 Å². The molecule has 1 atom stereocenters. The van der Waals surface area contributed by atoms with Crippen molar-refractivity contribution in [3.05, 3.63) is 35.2 Å². The summed E-state index contributed by atoms with van der Waals surface area (Å²) in [7, 11) is 1.52. The van der Waals surface area contributed by atoms with Crippen molar-refractivity contribution >= 4 is 12.0 Å². The number of ether oxygens (including phenoxy) is 2. The molecule has 0 saturated heterocycles. The molecule has 0 fully saturated rings. The molecule has 2 heterocycles. The predicted octanol–water partition coefficient (Wildman–Crippen LogP) is 1.28. The summed E-state index contributed by atoms with van der Waals surface area (Å²) in [5.74, 6) is -0.0132. The van der Waals surface area contributed by atoms with Crippen LogP contribution in [0.5, 0.6) is 5.88 Å². The van der Waals surface area contributed by atoms with Crippen molar-refractivity contribution in [2.45, 2.75) is 19.9 Å². The highest BCUT2D eigenvalue weighted by atomic mass is 16.5. The van der Waals surface area contributed by atoms with Gasteiger partial charge in [-0.15, -0.1) is 0 Å². The number of carbonyl (C=O) groups is 2. The van der Waals surface area contributed by atoms with Gasteiger partial charge in [-0.1, -0.05) is 0 Å². The summed E-state index contributed by atoms with van der Waals surface area (Å²) in [6.45, 7) is 3.65. The van der Waals surface area contributed by atoms with Gasteiger partial charge in [0, 0.05) is 18.0 Å². The monoisotopic (exact) mass is 291 g/mol. The second-order valence-corrected chi connectivity index (χ2v) is 4.42. The number of allylic oxidation sites excluding steroid dienone is 1. The Kier molecular flexibility index (Phi) is 4.42. The second kappa shape index (κ2) is 6.25. The van der Waals surface area contributed by atoms with E-state index < -0.39 is 12.0 Å². The fourth-order valence-electron chi connectivity index (χ4n) is 2.11. The summed E-state index contributed by atoms with van der Waals surface area (Å²) in [4.78, 5) is 27.9. The molecule has 112 valence electrons. The van der Waals surface area contributed by atoms with Gasteiger partial charge >= 0.3 is 12.0 Å². The molecule has 2 rings (SSSR count). The lowest BCUT2D eigenvalue weighted by atomic mass is 9.97. The molecule has 2 amide bonds. The summed E-state index contributed by atoms with van der Waals surface area (Å²) in [6.07, 6.45) is 1.56. The standard InChI is InChI=1S/C14H17N3O4/c1-4-21-13(18)11-8(2)16-14(19)17-12(11)9-5-6-10(20-3)15-7-9/h5-7,12H,4H2,1-3H3,(H2,16,17,19). The maximum atomic E-state index is 12.1. The number of hydrogen-bond acceptors (Lipinski definition) is 5. The van der Waals surface area contributed by atoms with Gasteiger partial charge in [-0.05, 0) is 25.5 Å². The Balaban J connectivity index is 2.39. The minimum Gasteiger partial charge on any atom is -0.481 e. The van der Waals surface area contributed by atoms with Gasteiger partial charge in [0.1, 0.15) is 0 Å². The van der Waals surface area contributed by atoms with E-state index in [2.05, 4.69) is 15.6 Å². The molecule has 1 aromatic heterocycles. The lowest BCUT2D eigenvalue weighted by Crippen LogP contribution is -2.45. The SMILES string of the molecule is CCOC(=O)C1=C(C)NC(=O)NC1c1ccc(OC)nc1. The molecule has 1 aromatic rings. The maximum Gasteiger partial charge on any atom is 0.338 e. The third-order valence-corrected chi connectivity index (χ3v) is 3.07. The zero-order valence-corrected chi connectivity index (χ0v) is 12.1. The zero-order chi connectivity index (χ0) is 15.4. The van der Waals surface area contributed by atoms with Crippen LogP contribution in [0, 0.1) is 0 Å². The third kappa shape index (κ3) is 3.13. The lowest BCUT2D eigenvalue weighted by molar-refractivity contribution is -0.139. The Morgan fingerprint density at radius 1 is 1.43 bits per heavy atom. The van der Waals surface area contributed by atoms with Gasteiger partial charge < -0.3 is 20.1 Å². The molecule has 7 nitrogen and oxygen atoms in total. The van der Waals surface area contributed by atoms with E-state index in [0.717, 1.165) is 0 Å². The van der Waals surface area contributed by atoms with Gasteiger partial charge in [0.25, 0.3) is 0 Å². The van der Waals surface area contributed by atoms with Crippen LogP contribution in [0.3, 0.4) is 0 Å². The van der Waals surface area contributed by atoms with Crippen molar-refractivity contribution in [1.29, 1.82) is 0 Å². The molecule has 0 aliphatic carbocycles. The number of nitrogens with one attached hydrogen (secondary N) is 2. The van der Waals surface area contributed by atoms with Gasteiger partial charge in [-0.2, -0.15) is 0 Å².